The summed E-state index contributed by atoms with van der Waals surface area (Å²) in [6.07, 6.45) is 0.490. The van der Waals surface area contributed by atoms with Gasteiger partial charge in [-0.05, 0) is 49.0 Å². The van der Waals surface area contributed by atoms with Crippen LogP contribution in [0.3, 0.4) is 0 Å². The van der Waals surface area contributed by atoms with Gasteiger partial charge < -0.3 is 15.4 Å². The molecular formula is C23H24N2O3. The van der Waals surface area contributed by atoms with Gasteiger partial charge in [-0.1, -0.05) is 24.3 Å². The summed E-state index contributed by atoms with van der Waals surface area (Å²) in [5, 5.41) is 3.40. The Morgan fingerprint density at radius 2 is 1.82 bits per heavy atom. The molecule has 0 fully saturated rings. The summed E-state index contributed by atoms with van der Waals surface area (Å²) < 4.78 is 5.52. The molecule has 5 nitrogen and oxygen atoms in total. The van der Waals surface area contributed by atoms with E-state index in [9.17, 15) is 9.59 Å². The van der Waals surface area contributed by atoms with Crippen LogP contribution in [0, 0.1) is 5.92 Å². The third-order valence-electron chi connectivity index (χ3n) is 5.66. The van der Waals surface area contributed by atoms with Crippen molar-refractivity contribution in [3.63, 3.8) is 0 Å². The molecule has 4 rings (SSSR count). The minimum atomic E-state index is -0.657. The molecule has 5 heteroatoms. The highest BCUT2D eigenvalue weighted by Gasteiger charge is 2.37. The Morgan fingerprint density at radius 3 is 2.57 bits per heavy atom. The molecule has 0 saturated heterocycles. The molecule has 1 aliphatic carbocycles. The van der Waals surface area contributed by atoms with Gasteiger partial charge in [-0.15, -0.1) is 0 Å². The Kier molecular flexibility index (Phi) is 4.87. The number of carbonyl (C=O) groups is 2. The number of nitrogens with zero attached hydrogens (tertiary/aromatic N) is 1. The van der Waals surface area contributed by atoms with Crippen LogP contribution in [0.5, 0.6) is 5.75 Å². The van der Waals surface area contributed by atoms with Crippen molar-refractivity contribution in [1.29, 1.82) is 0 Å². The number of ketones is 2. The summed E-state index contributed by atoms with van der Waals surface area (Å²) in [5.74, 6) is -0.169. The van der Waals surface area contributed by atoms with E-state index < -0.39 is 5.92 Å². The van der Waals surface area contributed by atoms with Crippen molar-refractivity contribution in [2.75, 3.05) is 33.8 Å². The predicted molar refractivity (Wildman–Crippen MR) is 111 cm³/mol. The molecule has 144 valence electrons. The standard InChI is InChI=1S/C23H24N2O3/c1-25(12-10-24)11-9-17-22(26)16-7-8-19(28-2)18-13-14-5-3-4-6-15(14)21(20(16)18)23(17)27/h3-8,13,17H,9-12,24H2,1-2H3. The first-order valence-corrected chi connectivity index (χ1v) is 9.56. The van der Waals surface area contributed by atoms with Crippen LogP contribution < -0.4 is 10.5 Å². The topological polar surface area (TPSA) is 72.6 Å². The highest BCUT2D eigenvalue weighted by molar-refractivity contribution is 6.34. The number of fused-ring (bicyclic) bond motifs is 2. The second-order valence-electron chi connectivity index (χ2n) is 7.37. The summed E-state index contributed by atoms with van der Waals surface area (Å²) >= 11 is 0. The number of methoxy groups -OCH3 is 1. The number of benzene rings is 3. The molecule has 0 aromatic heterocycles. The van der Waals surface area contributed by atoms with E-state index >= 15 is 0 Å². The average molecular weight is 376 g/mol. The fourth-order valence-electron chi connectivity index (χ4n) is 4.22. The van der Waals surface area contributed by atoms with Gasteiger partial charge in [0, 0.05) is 35.0 Å². The van der Waals surface area contributed by atoms with Crippen molar-refractivity contribution in [3.8, 4) is 5.75 Å². The number of carbonyl (C=O) groups excluding carboxylic acids is 2. The highest BCUT2D eigenvalue weighted by atomic mass is 16.5. The van der Waals surface area contributed by atoms with Gasteiger partial charge in [0.1, 0.15) is 5.75 Å². The van der Waals surface area contributed by atoms with Gasteiger partial charge in [0.15, 0.2) is 11.6 Å². The van der Waals surface area contributed by atoms with Gasteiger partial charge in [0.2, 0.25) is 0 Å². The molecule has 0 radical (unpaired) electrons. The molecule has 1 unspecified atom stereocenters. The van der Waals surface area contributed by atoms with Crippen LogP contribution in [0.1, 0.15) is 27.1 Å². The fourth-order valence-corrected chi connectivity index (χ4v) is 4.22. The molecule has 0 saturated carbocycles. The molecule has 3 aromatic rings. The largest absolute Gasteiger partial charge is 0.496 e. The maximum atomic E-state index is 13.5. The average Bonchev–Trinajstić information content (AvgIpc) is 2.70. The second-order valence-corrected chi connectivity index (χ2v) is 7.37. The van der Waals surface area contributed by atoms with E-state index in [1.54, 1.807) is 13.2 Å². The summed E-state index contributed by atoms with van der Waals surface area (Å²) in [5.41, 5.74) is 6.87. The van der Waals surface area contributed by atoms with Crippen molar-refractivity contribution in [2.45, 2.75) is 6.42 Å². The lowest BCUT2D eigenvalue weighted by Gasteiger charge is -2.26. The maximum Gasteiger partial charge on any atom is 0.175 e. The van der Waals surface area contributed by atoms with Gasteiger partial charge in [0.05, 0.1) is 13.0 Å². The highest BCUT2D eigenvalue weighted by Crippen LogP contribution is 2.41. The van der Waals surface area contributed by atoms with E-state index in [4.69, 9.17) is 10.5 Å². The molecule has 28 heavy (non-hydrogen) atoms. The minimum Gasteiger partial charge on any atom is -0.496 e. The first-order chi connectivity index (χ1) is 13.6. The lowest BCUT2D eigenvalue weighted by atomic mass is 9.76. The fraction of sp³-hybridized carbons (Fsp3) is 0.304. The Balaban J connectivity index is 1.91. The van der Waals surface area contributed by atoms with Gasteiger partial charge in [-0.2, -0.15) is 0 Å². The summed E-state index contributed by atoms with van der Waals surface area (Å²) in [6.45, 7) is 1.94. The maximum absolute atomic E-state index is 13.5. The summed E-state index contributed by atoms with van der Waals surface area (Å²) in [7, 11) is 3.56. The molecule has 1 aliphatic rings. The zero-order valence-electron chi connectivity index (χ0n) is 16.2. The first-order valence-electron chi connectivity index (χ1n) is 9.56. The van der Waals surface area contributed by atoms with E-state index in [0.29, 0.717) is 36.4 Å². The van der Waals surface area contributed by atoms with Crippen LogP contribution in [0.25, 0.3) is 21.5 Å². The Labute approximate surface area is 164 Å². The summed E-state index contributed by atoms with van der Waals surface area (Å²) in [6, 6.07) is 13.5. The number of hydrogen-bond donors (Lipinski definition) is 1. The minimum absolute atomic E-state index is 0.0892. The van der Waals surface area contributed by atoms with Crippen LogP contribution >= 0.6 is 0 Å². The lowest BCUT2D eigenvalue weighted by molar-refractivity contribution is 0.0787. The monoisotopic (exact) mass is 376 g/mol. The first kappa shape index (κ1) is 18.6. The zero-order chi connectivity index (χ0) is 19.8. The van der Waals surface area contributed by atoms with Crippen LogP contribution in [-0.4, -0.2) is 50.3 Å². The van der Waals surface area contributed by atoms with Gasteiger partial charge >= 0.3 is 0 Å². The van der Waals surface area contributed by atoms with Crippen LogP contribution in [0.15, 0.2) is 42.5 Å². The van der Waals surface area contributed by atoms with Crippen molar-refractivity contribution < 1.29 is 14.3 Å². The van der Waals surface area contributed by atoms with Crippen LogP contribution in [0.2, 0.25) is 0 Å². The van der Waals surface area contributed by atoms with Gasteiger partial charge in [-0.3, -0.25) is 9.59 Å². The van der Waals surface area contributed by atoms with Crippen LogP contribution in [0.4, 0.5) is 0 Å². The van der Waals surface area contributed by atoms with Crippen LogP contribution in [-0.2, 0) is 0 Å². The Hall–Kier alpha value is -2.76. The molecule has 0 heterocycles. The molecule has 0 spiro atoms. The van der Waals surface area contributed by atoms with Gasteiger partial charge in [0.25, 0.3) is 0 Å². The zero-order valence-corrected chi connectivity index (χ0v) is 16.2. The number of Topliss-reactive ketones (excluding diaryl/α,β-unsaturated/α-hetero) is 2. The van der Waals surface area contributed by atoms with E-state index in [2.05, 4.69) is 4.90 Å². The number of nitrogens with two attached hydrogens (primary N) is 1. The van der Waals surface area contributed by atoms with E-state index in [1.165, 1.54) is 0 Å². The molecule has 2 N–H and O–H groups in total. The third-order valence-corrected chi connectivity index (χ3v) is 5.66. The molecule has 0 bridgehead atoms. The third kappa shape index (κ3) is 2.87. The quantitative estimate of drug-likeness (QED) is 0.528. The van der Waals surface area contributed by atoms with Crippen molar-refractivity contribution in [1.82, 2.24) is 4.90 Å². The number of ether oxygens (including phenoxy) is 1. The van der Waals surface area contributed by atoms with Crippen molar-refractivity contribution in [2.24, 2.45) is 11.7 Å². The van der Waals surface area contributed by atoms with Crippen molar-refractivity contribution >= 4 is 33.1 Å². The van der Waals surface area contributed by atoms with E-state index in [-0.39, 0.29) is 11.6 Å². The van der Waals surface area contributed by atoms with E-state index in [0.717, 1.165) is 28.1 Å². The summed E-state index contributed by atoms with van der Waals surface area (Å²) in [4.78, 5) is 28.8. The normalized spacial score (nSPS) is 16.4. The Morgan fingerprint density at radius 1 is 1.04 bits per heavy atom. The molecule has 1 atom stereocenters. The second kappa shape index (κ2) is 7.34. The lowest BCUT2D eigenvalue weighted by Crippen LogP contribution is -2.34. The number of rotatable bonds is 6. The smallest absolute Gasteiger partial charge is 0.175 e. The van der Waals surface area contributed by atoms with Gasteiger partial charge in [-0.25, -0.2) is 0 Å². The molecule has 3 aromatic carbocycles. The van der Waals surface area contributed by atoms with Crippen molar-refractivity contribution in [3.05, 3.63) is 53.6 Å². The predicted octanol–water partition coefficient (Wildman–Crippen LogP) is 3.28. The SMILES string of the molecule is COc1ccc2c3c(c4ccccc4cc13)C(=O)C(CCN(C)CCN)C2=O. The molecule has 0 amide bonds. The van der Waals surface area contributed by atoms with E-state index in [1.807, 2.05) is 43.4 Å². The number of hydrogen-bond acceptors (Lipinski definition) is 5. The Bertz CT molecular complexity index is 1090. The molecular weight excluding hydrogens is 352 g/mol. The number of likely N-dealkylation sites (N-methyl/N-ethyl adjacent to an activating group) is 1. The molecule has 0 aliphatic heterocycles.